The van der Waals surface area contributed by atoms with Gasteiger partial charge in [-0.2, -0.15) is 0 Å². The van der Waals surface area contributed by atoms with Crippen LogP contribution in [-0.2, 0) is 4.79 Å². The average Bonchev–Trinajstić information content (AvgIpc) is 3.07. The third-order valence-corrected chi connectivity index (χ3v) is 3.67. The van der Waals surface area contributed by atoms with Crippen molar-refractivity contribution in [1.82, 2.24) is 5.32 Å². The lowest BCUT2D eigenvalue weighted by molar-refractivity contribution is -0.118. The molecule has 18 heavy (non-hydrogen) atoms. The van der Waals surface area contributed by atoms with Crippen LogP contribution in [0.5, 0.6) is 0 Å². The first-order valence-electron chi connectivity index (χ1n) is 6.49. The van der Waals surface area contributed by atoms with Crippen molar-refractivity contribution in [3.05, 3.63) is 29.6 Å². The Kier molecular flexibility index (Phi) is 2.82. The molecule has 0 bridgehead atoms. The second kappa shape index (κ2) is 4.35. The van der Waals surface area contributed by atoms with E-state index in [1.54, 1.807) is 11.0 Å². The van der Waals surface area contributed by atoms with Crippen molar-refractivity contribution in [1.29, 1.82) is 0 Å². The molecule has 2 fully saturated rings. The number of nitrogens with zero attached hydrogens (tertiary/aromatic N) is 1. The van der Waals surface area contributed by atoms with Gasteiger partial charge in [0.1, 0.15) is 5.82 Å². The molecule has 96 valence electrons. The van der Waals surface area contributed by atoms with Crippen LogP contribution < -0.4 is 10.2 Å². The molecule has 2 aliphatic rings. The maximum atomic E-state index is 13.1. The number of carbonyl (C=O) groups is 1. The van der Waals surface area contributed by atoms with Gasteiger partial charge in [0.05, 0.1) is 6.04 Å². The van der Waals surface area contributed by atoms with Crippen LogP contribution in [0.4, 0.5) is 10.1 Å². The summed E-state index contributed by atoms with van der Waals surface area (Å²) in [6.07, 6.45) is 3.20. The molecule has 1 aromatic carbocycles. The van der Waals surface area contributed by atoms with Gasteiger partial charge in [-0.15, -0.1) is 0 Å². The van der Waals surface area contributed by atoms with Gasteiger partial charge in [-0.25, -0.2) is 4.39 Å². The minimum atomic E-state index is -0.254. The monoisotopic (exact) mass is 248 g/mol. The number of halogens is 1. The Bertz CT molecular complexity index is 485. The lowest BCUT2D eigenvalue weighted by atomic mass is 10.2. The molecule has 3 rings (SSSR count). The fourth-order valence-electron chi connectivity index (χ4n) is 2.53. The van der Waals surface area contributed by atoms with E-state index < -0.39 is 0 Å². The van der Waals surface area contributed by atoms with Gasteiger partial charge in [0.25, 0.3) is 0 Å². The average molecular weight is 248 g/mol. The SMILES string of the molecule is Cc1cc(F)ccc1N1CCC(NC2CC2)C1=O. The summed E-state index contributed by atoms with van der Waals surface area (Å²) in [4.78, 5) is 14.0. The van der Waals surface area contributed by atoms with Crippen LogP contribution >= 0.6 is 0 Å². The van der Waals surface area contributed by atoms with E-state index in [0.29, 0.717) is 6.04 Å². The zero-order valence-electron chi connectivity index (χ0n) is 10.4. The Balaban J connectivity index is 1.78. The van der Waals surface area contributed by atoms with Gasteiger partial charge in [0.2, 0.25) is 5.91 Å². The summed E-state index contributed by atoms with van der Waals surface area (Å²) in [7, 11) is 0. The van der Waals surface area contributed by atoms with E-state index in [0.717, 1.165) is 24.2 Å². The third kappa shape index (κ3) is 2.12. The summed E-state index contributed by atoms with van der Waals surface area (Å²) >= 11 is 0. The lowest BCUT2D eigenvalue weighted by Crippen LogP contribution is -2.39. The predicted octanol–water partition coefficient (Wildman–Crippen LogP) is 1.99. The summed E-state index contributed by atoms with van der Waals surface area (Å²) in [5.41, 5.74) is 1.65. The molecule has 1 aromatic rings. The van der Waals surface area contributed by atoms with Crippen molar-refractivity contribution < 1.29 is 9.18 Å². The van der Waals surface area contributed by atoms with Crippen LogP contribution in [0.2, 0.25) is 0 Å². The van der Waals surface area contributed by atoms with Gasteiger partial charge in [-0.3, -0.25) is 4.79 Å². The molecule has 4 heteroatoms. The number of aryl methyl sites for hydroxylation is 1. The first-order chi connectivity index (χ1) is 8.65. The Labute approximate surface area is 106 Å². The Morgan fingerprint density at radius 3 is 2.78 bits per heavy atom. The van der Waals surface area contributed by atoms with E-state index in [1.807, 2.05) is 6.92 Å². The molecular formula is C14H17FN2O. The number of hydrogen-bond acceptors (Lipinski definition) is 2. The highest BCUT2D eigenvalue weighted by molar-refractivity contribution is 6.00. The van der Waals surface area contributed by atoms with Crippen LogP contribution in [0.1, 0.15) is 24.8 Å². The molecule has 1 aliphatic carbocycles. The number of nitrogens with one attached hydrogen (secondary N) is 1. The summed E-state index contributed by atoms with van der Waals surface area (Å²) in [5.74, 6) is -0.132. The zero-order chi connectivity index (χ0) is 12.7. The minimum absolute atomic E-state index is 0.0537. The highest BCUT2D eigenvalue weighted by Crippen LogP contribution is 2.28. The van der Waals surface area contributed by atoms with Gasteiger partial charge < -0.3 is 10.2 Å². The number of benzene rings is 1. The number of carbonyl (C=O) groups excluding carboxylic acids is 1. The van der Waals surface area contributed by atoms with E-state index >= 15 is 0 Å². The second-order valence-corrected chi connectivity index (χ2v) is 5.20. The topological polar surface area (TPSA) is 32.3 Å². The summed E-state index contributed by atoms with van der Waals surface area (Å²) in [6, 6.07) is 5.07. The summed E-state index contributed by atoms with van der Waals surface area (Å²) in [6.45, 7) is 2.56. The van der Waals surface area contributed by atoms with Gasteiger partial charge >= 0.3 is 0 Å². The smallest absolute Gasteiger partial charge is 0.244 e. The number of hydrogen-bond donors (Lipinski definition) is 1. The number of amides is 1. The Morgan fingerprint density at radius 2 is 2.11 bits per heavy atom. The van der Waals surface area contributed by atoms with Crippen molar-refractivity contribution in [2.45, 2.75) is 38.3 Å². The highest BCUT2D eigenvalue weighted by atomic mass is 19.1. The third-order valence-electron chi connectivity index (χ3n) is 3.67. The van der Waals surface area contributed by atoms with Crippen LogP contribution in [0.25, 0.3) is 0 Å². The molecule has 1 unspecified atom stereocenters. The van der Waals surface area contributed by atoms with Gasteiger partial charge in [-0.05, 0) is 49.9 Å². The largest absolute Gasteiger partial charge is 0.311 e. The van der Waals surface area contributed by atoms with Crippen LogP contribution in [0.3, 0.4) is 0 Å². The van der Waals surface area contributed by atoms with E-state index in [1.165, 1.54) is 25.0 Å². The molecule has 1 amide bonds. The van der Waals surface area contributed by atoms with Crippen molar-refractivity contribution >= 4 is 11.6 Å². The van der Waals surface area contributed by atoms with Crippen LogP contribution in [0, 0.1) is 12.7 Å². The van der Waals surface area contributed by atoms with Crippen molar-refractivity contribution in [2.75, 3.05) is 11.4 Å². The van der Waals surface area contributed by atoms with Gasteiger partial charge in [0.15, 0.2) is 0 Å². The fourth-order valence-corrected chi connectivity index (χ4v) is 2.53. The van der Waals surface area contributed by atoms with Crippen LogP contribution in [-0.4, -0.2) is 24.5 Å². The molecule has 0 spiro atoms. The number of anilines is 1. The first kappa shape index (κ1) is 11.7. The van der Waals surface area contributed by atoms with E-state index in [9.17, 15) is 9.18 Å². The molecule has 1 aliphatic heterocycles. The minimum Gasteiger partial charge on any atom is -0.311 e. The molecule has 1 saturated heterocycles. The van der Waals surface area contributed by atoms with E-state index in [2.05, 4.69) is 5.32 Å². The second-order valence-electron chi connectivity index (χ2n) is 5.20. The molecular weight excluding hydrogens is 231 g/mol. The molecule has 1 heterocycles. The summed E-state index contributed by atoms with van der Waals surface area (Å²) < 4.78 is 13.1. The summed E-state index contributed by atoms with van der Waals surface area (Å²) in [5, 5.41) is 3.37. The molecule has 1 atom stereocenters. The highest BCUT2D eigenvalue weighted by Gasteiger charge is 2.36. The first-order valence-corrected chi connectivity index (χ1v) is 6.49. The van der Waals surface area contributed by atoms with E-state index in [4.69, 9.17) is 0 Å². The fraction of sp³-hybridized carbons (Fsp3) is 0.500. The molecule has 0 aromatic heterocycles. The molecule has 0 radical (unpaired) electrons. The van der Waals surface area contributed by atoms with Crippen LogP contribution in [0.15, 0.2) is 18.2 Å². The number of rotatable bonds is 3. The quantitative estimate of drug-likeness (QED) is 0.887. The van der Waals surface area contributed by atoms with Crippen molar-refractivity contribution in [3.63, 3.8) is 0 Å². The van der Waals surface area contributed by atoms with E-state index in [-0.39, 0.29) is 17.8 Å². The molecule has 1 N–H and O–H groups in total. The maximum absolute atomic E-state index is 13.1. The zero-order valence-corrected chi connectivity index (χ0v) is 10.4. The van der Waals surface area contributed by atoms with Crippen molar-refractivity contribution in [3.8, 4) is 0 Å². The molecule has 1 saturated carbocycles. The molecule has 3 nitrogen and oxygen atoms in total. The lowest BCUT2D eigenvalue weighted by Gasteiger charge is -2.19. The van der Waals surface area contributed by atoms with Gasteiger partial charge in [0, 0.05) is 18.3 Å². The normalized spacial score (nSPS) is 23.8. The Morgan fingerprint density at radius 1 is 1.33 bits per heavy atom. The Hall–Kier alpha value is -1.42. The van der Waals surface area contributed by atoms with Crippen molar-refractivity contribution in [2.24, 2.45) is 0 Å². The predicted molar refractivity (Wildman–Crippen MR) is 68.1 cm³/mol. The maximum Gasteiger partial charge on any atom is 0.244 e. The standard InChI is InChI=1S/C14H17FN2O/c1-9-8-10(15)2-5-13(9)17-7-6-12(14(17)18)16-11-3-4-11/h2,5,8,11-12,16H,3-4,6-7H2,1H3. The van der Waals surface area contributed by atoms with Gasteiger partial charge in [-0.1, -0.05) is 0 Å².